The Bertz CT molecular complexity index is 653. The van der Waals surface area contributed by atoms with E-state index in [-0.39, 0.29) is 5.91 Å². The molecule has 1 fully saturated rings. The number of amides is 1. The third-order valence-electron chi connectivity index (χ3n) is 3.37. The van der Waals surface area contributed by atoms with Crippen LogP contribution in [-0.4, -0.2) is 50.6 Å². The minimum absolute atomic E-state index is 0.0504. The first-order valence-corrected chi connectivity index (χ1v) is 7.97. The predicted octanol–water partition coefficient (Wildman–Crippen LogP) is 0.801. The third-order valence-corrected chi connectivity index (χ3v) is 4.19. The third kappa shape index (κ3) is 3.48. The standard InChI is InChI=1S/C13H17N7OS/c14-13-19-18-11(22-13)3-4-16-10-8-15-7-9(17-10)12(21)20-5-1-2-6-20/h7-8H,1-6H2,(H2,14,19)(H,16,17). The van der Waals surface area contributed by atoms with Crippen molar-refractivity contribution in [1.29, 1.82) is 0 Å². The van der Waals surface area contributed by atoms with Crippen LogP contribution >= 0.6 is 11.3 Å². The summed E-state index contributed by atoms with van der Waals surface area (Å²) in [6.45, 7) is 2.23. The van der Waals surface area contributed by atoms with Crippen LogP contribution in [0.1, 0.15) is 28.3 Å². The summed E-state index contributed by atoms with van der Waals surface area (Å²) in [5, 5.41) is 12.2. The van der Waals surface area contributed by atoms with Crippen LogP contribution < -0.4 is 11.1 Å². The molecule has 2 aromatic heterocycles. The number of hydrogen-bond acceptors (Lipinski definition) is 8. The average molecular weight is 319 g/mol. The number of aromatic nitrogens is 4. The Morgan fingerprint density at radius 3 is 2.86 bits per heavy atom. The zero-order valence-electron chi connectivity index (χ0n) is 12.0. The van der Waals surface area contributed by atoms with Gasteiger partial charge in [-0.2, -0.15) is 0 Å². The molecule has 0 aromatic carbocycles. The van der Waals surface area contributed by atoms with Gasteiger partial charge in [0.1, 0.15) is 16.5 Å². The fourth-order valence-electron chi connectivity index (χ4n) is 2.30. The molecular formula is C13H17N7OS. The van der Waals surface area contributed by atoms with E-state index in [1.165, 1.54) is 17.5 Å². The number of carbonyl (C=O) groups is 1. The molecule has 1 amide bonds. The van der Waals surface area contributed by atoms with E-state index in [0.29, 0.717) is 29.6 Å². The number of nitrogens with one attached hydrogen (secondary N) is 1. The molecule has 0 atom stereocenters. The summed E-state index contributed by atoms with van der Waals surface area (Å²) >= 11 is 1.37. The van der Waals surface area contributed by atoms with E-state index >= 15 is 0 Å². The first-order valence-electron chi connectivity index (χ1n) is 7.15. The molecule has 1 aliphatic heterocycles. The molecule has 0 spiro atoms. The number of nitrogens with zero attached hydrogens (tertiary/aromatic N) is 5. The quantitative estimate of drug-likeness (QED) is 0.838. The van der Waals surface area contributed by atoms with Crippen molar-refractivity contribution in [3.63, 3.8) is 0 Å². The Morgan fingerprint density at radius 2 is 2.14 bits per heavy atom. The van der Waals surface area contributed by atoms with Crippen molar-refractivity contribution in [1.82, 2.24) is 25.1 Å². The Labute approximate surface area is 131 Å². The fraction of sp³-hybridized carbons (Fsp3) is 0.462. The van der Waals surface area contributed by atoms with Gasteiger partial charge in [-0.15, -0.1) is 10.2 Å². The largest absolute Gasteiger partial charge is 0.374 e. The Morgan fingerprint density at radius 1 is 1.32 bits per heavy atom. The summed E-state index contributed by atoms with van der Waals surface area (Å²) in [6.07, 6.45) is 5.93. The van der Waals surface area contributed by atoms with Crippen molar-refractivity contribution >= 4 is 28.2 Å². The van der Waals surface area contributed by atoms with E-state index in [2.05, 4.69) is 25.5 Å². The van der Waals surface area contributed by atoms with Crippen LogP contribution in [0.25, 0.3) is 0 Å². The highest BCUT2D eigenvalue weighted by Crippen LogP contribution is 2.13. The molecule has 3 heterocycles. The van der Waals surface area contributed by atoms with Crippen LogP contribution in [0.5, 0.6) is 0 Å². The molecule has 9 heteroatoms. The summed E-state index contributed by atoms with van der Waals surface area (Å²) in [7, 11) is 0. The highest BCUT2D eigenvalue weighted by Gasteiger charge is 2.20. The van der Waals surface area contributed by atoms with Gasteiger partial charge in [0.05, 0.1) is 12.4 Å². The normalized spacial score (nSPS) is 14.3. The van der Waals surface area contributed by atoms with Crippen molar-refractivity contribution in [2.75, 3.05) is 30.7 Å². The van der Waals surface area contributed by atoms with Gasteiger partial charge in [0.25, 0.3) is 5.91 Å². The first-order chi connectivity index (χ1) is 10.7. The number of rotatable bonds is 5. The second-order valence-corrected chi connectivity index (χ2v) is 6.09. The number of hydrogen-bond donors (Lipinski definition) is 2. The second-order valence-electron chi connectivity index (χ2n) is 5.00. The smallest absolute Gasteiger partial charge is 0.274 e. The van der Waals surface area contributed by atoms with Crippen LogP contribution in [0, 0.1) is 0 Å². The molecule has 8 nitrogen and oxygen atoms in total. The zero-order chi connectivity index (χ0) is 15.4. The van der Waals surface area contributed by atoms with Gasteiger partial charge < -0.3 is 16.0 Å². The Hall–Kier alpha value is -2.29. The van der Waals surface area contributed by atoms with Crippen molar-refractivity contribution in [2.24, 2.45) is 0 Å². The Kier molecular flexibility index (Phi) is 4.42. The van der Waals surface area contributed by atoms with Gasteiger partial charge in [-0.1, -0.05) is 11.3 Å². The van der Waals surface area contributed by atoms with E-state index in [1.807, 2.05) is 4.90 Å². The minimum Gasteiger partial charge on any atom is -0.374 e. The summed E-state index contributed by atoms with van der Waals surface area (Å²) < 4.78 is 0. The maximum atomic E-state index is 12.3. The van der Waals surface area contributed by atoms with Crippen molar-refractivity contribution < 1.29 is 4.79 Å². The summed E-state index contributed by atoms with van der Waals surface area (Å²) in [5.74, 6) is 0.535. The van der Waals surface area contributed by atoms with E-state index in [0.717, 1.165) is 30.9 Å². The van der Waals surface area contributed by atoms with Crippen LogP contribution in [0.4, 0.5) is 10.9 Å². The van der Waals surface area contributed by atoms with Crippen LogP contribution in [-0.2, 0) is 6.42 Å². The zero-order valence-corrected chi connectivity index (χ0v) is 12.8. The molecule has 0 bridgehead atoms. The molecule has 1 aliphatic rings. The van der Waals surface area contributed by atoms with Gasteiger partial charge in [0.15, 0.2) is 0 Å². The van der Waals surface area contributed by atoms with E-state index < -0.39 is 0 Å². The number of anilines is 2. The van der Waals surface area contributed by atoms with Crippen molar-refractivity contribution in [3.05, 3.63) is 23.1 Å². The van der Waals surface area contributed by atoms with Crippen molar-refractivity contribution in [2.45, 2.75) is 19.3 Å². The van der Waals surface area contributed by atoms with Crippen LogP contribution in [0.3, 0.4) is 0 Å². The molecule has 3 N–H and O–H groups in total. The molecule has 22 heavy (non-hydrogen) atoms. The first kappa shape index (κ1) is 14.6. The highest BCUT2D eigenvalue weighted by molar-refractivity contribution is 7.15. The van der Waals surface area contributed by atoms with Crippen molar-refractivity contribution in [3.8, 4) is 0 Å². The van der Waals surface area contributed by atoms with Gasteiger partial charge in [-0.25, -0.2) is 4.98 Å². The number of nitrogen functional groups attached to an aromatic ring is 1. The molecule has 3 rings (SSSR count). The van der Waals surface area contributed by atoms with Crippen LogP contribution in [0.15, 0.2) is 12.4 Å². The van der Waals surface area contributed by atoms with Gasteiger partial charge in [-0.3, -0.25) is 9.78 Å². The molecule has 116 valence electrons. The summed E-state index contributed by atoms with van der Waals surface area (Å²) in [6, 6.07) is 0. The number of nitrogens with two attached hydrogens (primary N) is 1. The van der Waals surface area contributed by atoms with Gasteiger partial charge in [-0.05, 0) is 12.8 Å². The Balaban J connectivity index is 1.57. The molecule has 1 saturated heterocycles. The molecule has 0 saturated carbocycles. The van der Waals surface area contributed by atoms with E-state index in [1.54, 1.807) is 6.20 Å². The lowest BCUT2D eigenvalue weighted by Gasteiger charge is -2.14. The lowest BCUT2D eigenvalue weighted by atomic mass is 10.4. The number of carbonyl (C=O) groups excluding carboxylic acids is 1. The lowest BCUT2D eigenvalue weighted by Crippen LogP contribution is -2.28. The SMILES string of the molecule is Nc1nnc(CCNc2cncc(C(=O)N3CCCC3)n2)s1. The van der Waals surface area contributed by atoms with Crippen LogP contribution in [0.2, 0.25) is 0 Å². The van der Waals surface area contributed by atoms with Gasteiger partial charge in [0, 0.05) is 26.1 Å². The van der Waals surface area contributed by atoms with E-state index in [9.17, 15) is 4.79 Å². The molecule has 0 aliphatic carbocycles. The maximum absolute atomic E-state index is 12.3. The average Bonchev–Trinajstić information content (AvgIpc) is 3.19. The van der Waals surface area contributed by atoms with Gasteiger partial charge in [0.2, 0.25) is 5.13 Å². The van der Waals surface area contributed by atoms with E-state index in [4.69, 9.17) is 5.73 Å². The lowest BCUT2D eigenvalue weighted by molar-refractivity contribution is 0.0786. The number of likely N-dealkylation sites (tertiary alicyclic amines) is 1. The molecule has 2 aromatic rings. The minimum atomic E-state index is -0.0504. The van der Waals surface area contributed by atoms with Gasteiger partial charge >= 0.3 is 0 Å². The molecular weight excluding hydrogens is 302 g/mol. The summed E-state index contributed by atoms with van der Waals surface area (Å²) in [5.41, 5.74) is 5.92. The topological polar surface area (TPSA) is 110 Å². The molecule has 0 unspecified atom stereocenters. The maximum Gasteiger partial charge on any atom is 0.274 e. The second kappa shape index (κ2) is 6.65. The summed E-state index contributed by atoms with van der Waals surface area (Å²) in [4.78, 5) is 22.5. The monoisotopic (exact) mass is 319 g/mol. The highest BCUT2D eigenvalue weighted by atomic mass is 32.1. The fourth-order valence-corrected chi connectivity index (χ4v) is 2.91. The molecule has 0 radical (unpaired) electrons. The predicted molar refractivity (Wildman–Crippen MR) is 83.7 cm³/mol.